The number of hydrogen-bond donors (Lipinski definition) is 1. The Hall–Kier alpha value is -2.17. The van der Waals surface area contributed by atoms with E-state index in [0.29, 0.717) is 19.4 Å². The van der Waals surface area contributed by atoms with Gasteiger partial charge in [0.25, 0.3) is 0 Å². The molecular formula is C16H21N3O2. The highest BCUT2D eigenvalue weighted by Crippen LogP contribution is 2.34. The summed E-state index contributed by atoms with van der Waals surface area (Å²) in [6.45, 7) is 5.40. The zero-order valence-electron chi connectivity index (χ0n) is 12.5. The van der Waals surface area contributed by atoms with E-state index in [1.807, 2.05) is 18.2 Å². The van der Waals surface area contributed by atoms with Crippen molar-refractivity contribution < 1.29 is 9.47 Å². The van der Waals surface area contributed by atoms with Gasteiger partial charge in [0.2, 0.25) is 6.79 Å². The van der Waals surface area contributed by atoms with Gasteiger partial charge < -0.3 is 14.8 Å². The second-order valence-corrected chi connectivity index (χ2v) is 5.18. The van der Waals surface area contributed by atoms with Gasteiger partial charge in [-0.15, -0.1) is 0 Å². The molecule has 0 saturated carbocycles. The van der Waals surface area contributed by atoms with Crippen LogP contribution in [0.4, 0.5) is 5.69 Å². The van der Waals surface area contributed by atoms with Crippen LogP contribution in [-0.2, 0) is 6.54 Å². The summed E-state index contributed by atoms with van der Waals surface area (Å²) >= 11 is 0. The number of hydrogen-bond acceptors (Lipinski definition) is 4. The molecule has 0 amide bonds. The molecule has 0 unspecified atom stereocenters. The number of ether oxygens (including phenoxy) is 2. The van der Waals surface area contributed by atoms with Gasteiger partial charge in [-0.3, -0.25) is 4.68 Å². The van der Waals surface area contributed by atoms with Gasteiger partial charge in [-0.1, -0.05) is 13.8 Å². The molecule has 0 saturated heterocycles. The minimum Gasteiger partial charge on any atom is -0.454 e. The van der Waals surface area contributed by atoms with Crippen LogP contribution >= 0.6 is 0 Å². The van der Waals surface area contributed by atoms with Gasteiger partial charge in [-0.2, -0.15) is 5.10 Å². The number of rotatable bonds is 6. The van der Waals surface area contributed by atoms with E-state index < -0.39 is 0 Å². The molecule has 3 rings (SSSR count). The zero-order valence-corrected chi connectivity index (χ0v) is 12.5. The highest BCUT2D eigenvalue weighted by atomic mass is 16.7. The Morgan fingerprint density at radius 3 is 2.81 bits per heavy atom. The van der Waals surface area contributed by atoms with Gasteiger partial charge in [0.15, 0.2) is 11.5 Å². The molecule has 1 aliphatic heterocycles. The first-order chi connectivity index (χ1) is 10.3. The molecule has 21 heavy (non-hydrogen) atoms. The lowest BCUT2D eigenvalue weighted by molar-refractivity contribution is 0.174. The maximum Gasteiger partial charge on any atom is 0.231 e. The van der Waals surface area contributed by atoms with E-state index in [1.165, 1.54) is 0 Å². The van der Waals surface area contributed by atoms with Crippen LogP contribution in [0.3, 0.4) is 0 Å². The van der Waals surface area contributed by atoms with Gasteiger partial charge in [-0.05, 0) is 31.0 Å². The Morgan fingerprint density at radius 1 is 1.19 bits per heavy atom. The number of benzene rings is 1. The summed E-state index contributed by atoms with van der Waals surface area (Å²) in [4.78, 5) is 0. The summed E-state index contributed by atoms with van der Waals surface area (Å²) in [6, 6.07) is 8.43. The second-order valence-electron chi connectivity index (χ2n) is 5.18. The Morgan fingerprint density at radius 2 is 2.00 bits per heavy atom. The molecule has 0 atom stereocenters. The lowest BCUT2D eigenvalue weighted by Gasteiger charge is -2.12. The molecule has 0 bridgehead atoms. The molecule has 0 spiro atoms. The summed E-state index contributed by atoms with van der Waals surface area (Å²) in [6.07, 6.45) is 4.27. The maximum absolute atomic E-state index is 5.37. The van der Waals surface area contributed by atoms with E-state index in [2.05, 4.69) is 41.2 Å². The second kappa shape index (κ2) is 6.08. The molecule has 0 radical (unpaired) electrons. The van der Waals surface area contributed by atoms with Gasteiger partial charge in [-0.25, -0.2) is 0 Å². The van der Waals surface area contributed by atoms with Crippen LogP contribution in [0, 0.1) is 0 Å². The molecular weight excluding hydrogens is 266 g/mol. The molecule has 0 fully saturated rings. The minimum atomic E-state index is 0.304. The van der Waals surface area contributed by atoms with Crippen LogP contribution in [0.5, 0.6) is 11.5 Å². The summed E-state index contributed by atoms with van der Waals surface area (Å²) in [7, 11) is 0. The van der Waals surface area contributed by atoms with E-state index in [1.54, 1.807) is 0 Å². The van der Waals surface area contributed by atoms with Crippen molar-refractivity contribution in [2.45, 2.75) is 39.3 Å². The Kier molecular flexibility index (Phi) is 3.99. The van der Waals surface area contributed by atoms with Crippen molar-refractivity contribution in [3.05, 3.63) is 36.2 Å². The lowest BCUT2D eigenvalue weighted by atomic mass is 10.2. The highest BCUT2D eigenvalue weighted by molar-refractivity contribution is 5.55. The third-order valence-electron chi connectivity index (χ3n) is 3.83. The third kappa shape index (κ3) is 2.96. The van der Waals surface area contributed by atoms with Crippen molar-refractivity contribution in [2.24, 2.45) is 0 Å². The predicted octanol–water partition coefficient (Wildman–Crippen LogP) is 3.59. The number of aromatic nitrogens is 2. The molecule has 5 heteroatoms. The van der Waals surface area contributed by atoms with E-state index >= 15 is 0 Å². The topological polar surface area (TPSA) is 48.3 Å². The van der Waals surface area contributed by atoms with E-state index in [0.717, 1.165) is 35.7 Å². The van der Waals surface area contributed by atoms with Crippen molar-refractivity contribution in [3.63, 3.8) is 0 Å². The molecule has 2 aromatic rings. The smallest absolute Gasteiger partial charge is 0.231 e. The fraction of sp³-hybridized carbons (Fsp3) is 0.438. The van der Waals surface area contributed by atoms with Crippen LogP contribution in [0.1, 0.15) is 38.4 Å². The van der Waals surface area contributed by atoms with Crippen LogP contribution in [0.2, 0.25) is 0 Å². The molecule has 1 N–H and O–H groups in total. The summed E-state index contributed by atoms with van der Waals surface area (Å²) in [5.41, 5.74) is 2.05. The largest absolute Gasteiger partial charge is 0.454 e. The first-order valence-electron chi connectivity index (χ1n) is 7.47. The van der Waals surface area contributed by atoms with Crippen molar-refractivity contribution in [1.29, 1.82) is 0 Å². The average molecular weight is 287 g/mol. The minimum absolute atomic E-state index is 0.304. The van der Waals surface area contributed by atoms with Crippen LogP contribution < -0.4 is 14.8 Å². The number of anilines is 1. The van der Waals surface area contributed by atoms with Crippen LogP contribution in [-0.4, -0.2) is 16.6 Å². The molecule has 1 aliphatic rings. The monoisotopic (exact) mass is 287 g/mol. The van der Waals surface area contributed by atoms with Gasteiger partial charge in [0.05, 0.1) is 18.3 Å². The molecule has 112 valence electrons. The molecule has 2 heterocycles. The predicted molar refractivity (Wildman–Crippen MR) is 81.7 cm³/mol. The number of nitrogens with one attached hydrogen (secondary N) is 1. The summed E-state index contributed by atoms with van der Waals surface area (Å²) < 4.78 is 12.7. The van der Waals surface area contributed by atoms with Crippen molar-refractivity contribution in [2.75, 3.05) is 12.1 Å². The standard InChI is InChI=1S/C16H21N3O2/c1-3-14(4-2)19-8-7-13(18-19)10-17-12-5-6-15-16(9-12)21-11-20-15/h5-9,14,17H,3-4,10-11H2,1-2H3. The number of nitrogens with zero attached hydrogens (tertiary/aromatic N) is 2. The highest BCUT2D eigenvalue weighted by Gasteiger charge is 2.13. The summed E-state index contributed by atoms with van der Waals surface area (Å²) in [5.74, 6) is 1.60. The van der Waals surface area contributed by atoms with Crippen LogP contribution in [0.25, 0.3) is 0 Å². The fourth-order valence-electron chi connectivity index (χ4n) is 2.54. The average Bonchev–Trinajstić information content (AvgIpc) is 3.15. The normalized spacial score (nSPS) is 12.9. The van der Waals surface area contributed by atoms with E-state index in [-0.39, 0.29) is 0 Å². The Balaban J connectivity index is 1.62. The van der Waals surface area contributed by atoms with Crippen molar-refractivity contribution in [1.82, 2.24) is 9.78 Å². The van der Waals surface area contributed by atoms with Crippen molar-refractivity contribution in [3.8, 4) is 11.5 Å². The number of fused-ring (bicyclic) bond motifs is 1. The molecule has 1 aromatic carbocycles. The zero-order chi connectivity index (χ0) is 14.7. The van der Waals surface area contributed by atoms with Gasteiger partial charge in [0, 0.05) is 18.0 Å². The Bertz CT molecular complexity index is 605. The van der Waals surface area contributed by atoms with Gasteiger partial charge >= 0.3 is 0 Å². The van der Waals surface area contributed by atoms with Crippen molar-refractivity contribution >= 4 is 5.69 Å². The third-order valence-corrected chi connectivity index (χ3v) is 3.83. The lowest BCUT2D eigenvalue weighted by Crippen LogP contribution is -2.08. The molecule has 5 nitrogen and oxygen atoms in total. The van der Waals surface area contributed by atoms with Gasteiger partial charge in [0.1, 0.15) is 0 Å². The van der Waals surface area contributed by atoms with E-state index in [9.17, 15) is 0 Å². The maximum atomic E-state index is 5.37. The first kappa shape index (κ1) is 13.8. The summed E-state index contributed by atoms with van der Waals surface area (Å²) in [5, 5.41) is 8.01. The van der Waals surface area contributed by atoms with Crippen LogP contribution in [0.15, 0.2) is 30.5 Å². The molecule has 0 aliphatic carbocycles. The SMILES string of the molecule is CCC(CC)n1ccc(CNc2ccc3c(c2)OCO3)n1. The van der Waals surface area contributed by atoms with E-state index in [4.69, 9.17) is 9.47 Å². The quantitative estimate of drug-likeness (QED) is 0.882. The fourth-order valence-corrected chi connectivity index (χ4v) is 2.54. The first-order valence-corrected chi connectivity index (χ1v) is 7.47. The Labute approximate surface area is 124 Å². The molecule has 1 aromatic heterocycles.